The Morgan fingerprint density at radius 1 is 1.48 bits per heavy atom. The Hall–Kier alpha value is -2.24. The van der Waals surface area contributed by atoms with Crippen molar-refractivity contribution in [3.8, 4) is 11.5 Å². The lowest BCUT2D eigenvalue weighted by atomic mass is 10.2. The summed E-state index contributed by atoms with van der Waals surface area (Å²) in [5.41, 5.74) is 0.515. The van der Waals surface area contributed by atoms with E-state index in [2.05, 4.69) is 6.92 Å². The van der Waals surface area contributed by atoms with Gasteiger partial charge in [0.2, 0.25) is 5.91 Å². The maximum Gasteiger partial charge on any atom is 0.265 e. The van der Waals surface area contributed by atoms with Crippen LogP contribution in [0.15, 0.2) is 18.2 Å². The lowest BCUT2D eigenvalue weighted by Gasteiger charge is -2.30. The molecule has 6 heteroatoms. The first-order chi connectivity index (χ1) is 10.0. The molecule has 0 aliphatic carbocycles. The first-order valence-electron chi connectivity index (χ1n) is 7.03. The van der Waals surface area contributed by atoms with Gasteiger partial charge in [-0.3, -0.25) is 14.5 Å². The van der Waals surface area contributed by atoms with Crippen LogP contribution < -0.4 is 9.64 Å². The van der Waals surface area contributed by atoms with Gasteiger partial charge in [0.05, 0.1) is 5.69 Å². The molecule has 0 spiro atoms. The van der Waals surface area contributed by atoms with Crippen molar-refractivity contribution in [3.05, 3.63) is 18.2 Å². The number of carbonyl (C=O) groups excluding carboxylic acids is 2. The average Bonchev–Trinajstić information content (AvgIpc) is 2.47. The highest BCUT2D eigenvalue weighted by Crippen LogP contribution is 2.34. The van der Waals surface area contributed by atoms with Crippen LogP contribution in [0.1, 0.15) is 19.8 Å². The standard InChI is InChI=1S/C15H20N2O4/c1-3-4-7-16(2)14(19)9-17-12-6-5-11(18)8-13(12)21-10-15(17)20/h5-6,8,18H,3-4,7,9-10H2,1-2H3. The number of hydrogen-bond acceptors (Lipinski definition) is 4. The Balaban J connectivity index is 2.13. The van der Waals surface area contributed by atoms with Gasteiger partial charge in [0.1, 0.15) is 18.0 Å². The summed E-state index contributed by atoms with van der Waals surface area (Å²) < 4.78 is 5.28. The van der Waals surface area contributed by atoms with E-state index in [-0.39, 0.29) is 30.7 Å². The van der Waals surface area contributed by atoms with Gasteiger partial charge in [-0.2, -0.15) is 0 Å². The topological polar surface area (TPSA) is 70.1 Å². The number of phenols is 1. The van der Waals surface area contributed by atoms with E-state index in [0.717, 1.165) is 12.8 Å². The highest BCUT2D eigenvalue weighted by atomic mass is 16.5. The van der Waals surface area contributed by atoms with Crippen LogP contribution in [-0.2, 0) is 9.59 Å². The zero-order valence-electron chi connectivity index (χ0n) is 12.3. The van der Waals surface area contributed by atoms with Crippen molar-refractivity contribution in [1.29, 1.82) is 0 Å². The van der Waals surface area contributed by atoms with Gasteiger partial charge in [-0.05, 0) is 18.6 Å². The van der Waals surface area contributed by atoms with Crippen LogP contribution in [-0.4, -0.2) is 48.6 Å². The molecule has 0 radical (unpaired) electrons. The second-order valence-corrected chi connectivity index (χ2v) is 5.09. The molecule has 1 aliphatic heterocycles. The summed E-state index contributed by atoms with van der Waals surface area (Å²) >= 11 is 0. The molecule has 1 aromatic carbocycles. The third-order valence-electron chi connectivity index (χ3n) is 3.45. The number of rotatable bonds is 5. The van der Waals surface area contributed by atoms with Crippen molar-refractivity contribution < 1.29 is 19.4 Å². The van der Waals surface area contributed by atoms with Crippen molar-refractivity contribution in [1.82, 2.24) is 4.90 Å². The van der Waals surface area contributed by atoms with E-state index in [4.69, 9.17) is 4.74 Å². The van der Waals surface area contributed by atoms with Crippen molar-refractivity contribution in [2.24, 2.45) is 0 Å². The first kappa shape index (κ1) is 15.2. The molecular formula is C15H20N2O4. The number of fused-ring (bicyclic) bond motifs is 1. The molecule has 0 unspecified atom stereocenters. The Labute approximate surface area is 123 Å². The Morgan fingerprint density at radius 3 is 2.95 bits per heavy atom. The predicted octanol–water partition coefficient (Wildman–Crippen LogP) is 1.38. The number of aromatic hydroxyl groups is 1. The summed E-state index contributed by atoms with van der Waals surface area (Å²) in [6.07, 6.45) is 1.94. The van der Waals surface area contributed by atoms with Gasteiger partial charge in [0.15, 0.2) is 6.61 Å². The molecule has 0 aromatic heterocycles. The number of unbranched alkanes of at least 4 members (excludes halogenated alkanes) is 1. The van der Waals surface area contributed by atoms with E-state index in [1.165, 1.54) is 17.0 Å². The van der Waals surface area contributed by atoms with Crippen LogP contribution in [0.5, 0.6) is 11.5 Å². The lowest BCUT2D eigenvalue weighted by Crippen LogP contribution is -2.45. The van der Waals surface area contributed by atoms with Crippen LogP contribution in [0.2, 0.25) is 0 Å². The summed E-state index contributed by atoms with van der Waals surface area (Å²) in [5.74, 6) is 0.108. The molecule has 0 saturated carbocycles. The van der Waals surface area contributed by atoms with Crippen LogP contribution in [0.4, 0.5) is 5.69 Å². The fourth-order valence-electron chi connectivity index (χ4n) is 2.14. The molecule has 1 aliphatic rings. The molecule has 6 nitrogen and oxygen atoms in total. The zero-order chi connectivity index (χ0) is 15.4. The van der Waals surface area contributed by atoms with Crippen molar-refractivity contribution >= 4 is 17.5 Å². The van der Waals surface area contributed by atoms with E-state index < -0.39 is 0 Å². The summed E-state index contributed by atoms with van der Waals surface area (Å²) in [7, 11) is 1.74. The minimum atomic E-state index is -0.259. The molecule has 2 rings (SSSR count). The molecule has 114 valence electrons. The van der Waals surface area contributed by atoms with Crippen LogP contribution in [0.3, 0.4) is 0 Å². The largest absolute Gasteiger partial charge is 0.508 e. The molecule has 0 saturated heterocycles. The van der Waals surface area contributed by atoms with Gasteiger partial charge in [0, 0.05) is 19.7 Å². The molecule has 2 amide bonds. The van der Waals surface area contributed by atoms with Gasteiger partial charge >= 0.3 is 0 Å². The molecule has 0 atom stereocenters. The van der Waals surface area contributed by atoms with Gasteiger partial charge < -0.3 is 14.7 Å². The second kappa shape index (κ2) is 6.47. The van der Waals surface area contributed by atoms with Crippen molar-refractivity contribution in [2.75, 3.05) is 31.6 Å². The smallest absolute Gasteiger partial charge is 0.265 e. The van der Waals surface area contributed by atoms with E-state index >= 15 is 0 Å². The first-order valence-corrected chi connectivity index (χ1v) is 7.03. The lowest BCUT2D eigenvalue weighted by molar-refractivity contribution is -0.131. The molecule has 21 heavy (non-hydrogen) atoms. The molecule has 1 N–H and O–H groups in total. The van der Waals surface area contributed by atoms with E-state index in [1.807, 2.05) is 0 Å². The van der Waals surface area contributed by atoms with E-state index in [1.54, 1.807) is 18.0 Å². The minimum Gasteiger partial charge on any atom is -0.508 e. The quantitative estimate of drug-likeness (QED) is 0.890. The highest BCUT2D eigenvalue weighted by molar-refractivity contribution is 6.02. The highest BCUT2D eigenvalue weighted by Gasteiger charge is 2.28. The number of amides is 2. The maximum absolute atomic E-state index is 12.2. The fourth-order valence-corrected chi connectivity index (χ4v) is 2.14. The third kappa shape index (κ3) is 3.45. The van der Waals surface area contributed by atoms with Gasteiger partial charge in [-0.25, -0.2) is 0 Å². The van der Waals surface area contributed by atoms with Gasteiger partial charge in [-0.15, -0.1) is 0 Å². The summed E-state index contributed by atoms with van der Waals surface area (Å²) in [5, 5.41) is 9.45. The third-order valence-corrected chi connectivity index (χ3v) is 3.45. The monoisotopic (exact) mass is 292 g/mol. The minimum absolute atomic E-state index is 0.0137. The normalized spacial score (nSPS) is 13.6. The maximum atomic E-state index is 12.2. The fraction of sp³-hybridized carbons (Fsp3) is 0.467. The molecule has 0 fully saturated rings. The number of carbonyl (C=O) groups is 2. The molecular weight excluding hydrogens is 272 g/mol. The molecule has 1 heterocycles. The van der Waals surface area contributed by atoms with Crippen LogP contribution >= 0.6 is 0 Å². The summed E-state index contributed by atoms with van der Waals surface area (Å²) in [4.78, 5) is 27.2. The van der Waals surface area contributed by atoms with E-state index in [9.17, 15) is 14.7 Å². The van der Waals surface area contributed by atoms with Crippen LogP contribution in [0.25, 0.3) is 0 Å². The predicted molar refractivity (Wildman–Crippen MR) is 78.5 cm³/mol. The number of ether oxygens (including phenoxy) is 1. The molecule has 0 bridgehead atoms. The second-order valence-electron chi connectivity index (χ2n) is 5.09. The number of hydrogen-bond donors (Lipinski definition) is 1. The Kier molecular flexibility index (Phi) is 4.67. The molecule has 1 aromatic rings. The Bertz CT molecular complexity index is 544. The number of phenolic OH excluding ortho intramolecular Hbond substituents is 1. The zero-order valence-corrected chi connectivity index (χ0v) is 12.3. The number of likely N-dealkylation sites (N-methyl/N-ethyl adjacent to an activating group) is 1. The van der Waals surface area contributed by atoms with Crippen molar-refractivity contribution in [2.45, 2.75) is 19.8 Å². The summed E-state index contributed by atoms with van der Waals surface area (Å²) in [6, 6.07) is 4.50. The van der Waals surface area contributed by atoms with Crippen molar-refractivity contribution in [3.63, 3.8) is 0 Å². The number of nitrogens with zero attached hydrogens (tertiary/aromatic N) is 2. The average molecular weight is 292 g/mol. The van der Waals surface area contributed by atoms with E-state index in [0.29, 0.717) is 18.0 Å². The number of benzene rings is 1. The summed E-state index contributed by atoms with van der Waals surface area (Å²) in [6.45, 7) is 2.60. The number of anilines is 1. The Morgan fingerprint density at radius 2 is 2.24 bits per heavy atom. The van der Waals surface area contributed by atoms with Crippen LogP contribution in [0, 0.1) is 0 Å². The van der Waals surface area contributed by atoms with Gasteiger partial charge in [-0.1, -0.05) is 13.3 Å². The van der Waals surface area contributed by atoms with Gasteiger partial charge in [0.25, 0.3) is 5.91 Å². The SMILES string of the molecule is CCCCN(C)C(=O)CN1C(=O)COc2cc(O)ccc21.